The molecule has 2 aromatic rings. The average Bonchev–Trinajstić information content (AvgIpc) is 3.03. The topological polar surface area (TPSA) is 62.7 Å². The molecule has 2 aromatic heterocycles. The maximum Gasteiger partial charge on any atom is 0.0791 e. The summed E-state index contributed by atoms with van der Waals surface area (Å²) in [7, 11) is 0. The van der Waals surface area contributed by atoms with Crippen LogP contribution in [-0.2, 0) is 0 Å². The van der Waals surface area contributed by atoms with Gasteiger partial charge in [0.1, 0.15) is 0 Å². The lowest BCUT2D eigenvalue weighted by molar-refractivity contribution is 0.534. The summed E-state index contributed by atoms with van der Waals surface area (Å²) in [5.74, 6) is 0. The van der Waals surface area contributed by atoms with Crippen molar-refractivity contribution in [3.8, 4) is 0 Å². The molecule has 1 aliphatic rings. The molecule has 17 heavy (non-hydrogen) atoms. The van der Waals surface area contributed by atoms with Crippen LogP contribution in [0, 0.1) is 0 Å². The third-order valence-corrected chi connectivity index (χ3v) is 2.30. The van der Waals surface area contributed by atoms with E-state index < -0.39 is 0 Å². The molecule has 3 rings (SSSR count). The Balaban J connectivity index is 0.000000128. The molecular formula is C11H17N5S. The maximum absolute atomic E-state index is 3.74. The Kier molecular flexibility index (Phi) is 8.96. The normalized spacial score (nSPS) is 13.6. The van der Waals surface area contributed by atoms with Gasteiger partial charge in [0.05, 0.1) is 5.51 Å². The summed E-state index contributed by atoms with van der Waals surface area (Å²) in [4.78, 5) is 11.2. The number of piperazine rings is 1. The number of hydrogen-bond acceptors (Lipinski definition) is 6. The number of thiazole rings is 1. The van der Waals surface area contributed by atoms with Crippen LogP contribution in [0.1, 0.15) is 0 Å². The number of hydrogen-bond donors (Lipinski definition) is 2. The van der Waals surface area contributed by atoms with E-state index in [2.05, 4.69) is 25.6 Å². The second-order valence-corrected chi connectivity index (χ2v) is 3.83. The van der Waals surface area contributed by atoms with E-state index in [1.807, 2.05) is 5.38 Å². The van der Waals surface area contributed by atoms with Crippen molar-refractivity contribution in [2.45, 2.75) is 0 Å². The molecule has 0 unspecified atom stereocenters. The molecule has 0 aliphatic carbocycles. The van der Waals surface area contributed by atoms with Crippen molar-refractivity contribution >= 4 is 11.3 Å². The van der Waals surface area contributed by atoms with E-state index >= 15 is 0 Å². The smallest absolute Gasteiger partial charge is 0.0791 e. The van der Waals surface area contributed by atoms with Crippen LogP contribution in [0.5, 0.6) is 0 Å². The van der Waals surface area contributed by atoms with E-state index in [0.29, 0.717) is 0 Å². The van der Waals surface area contributed by atoms with Gasteiger partial charge in [0.15, 0.2) is 0 Å². The highest BCUT2D eigenvalue weighted by molar-refractivity contribution is 7.07. The van der Waals surface area contributed by atoms with Crippen molar-refractivity contribution in [2.24, 2.45) is 0 Å². The summed E-state index contributed by atoms with van der Waals surface area (Å²) >= 11 is 1.60. The Bertz CT molecular complexity index is 267. The monoisotopic (exact) mass is 251 g/mol. The van der Waals surface area contributed by atoms with Gasteiger partial charge in [-0.15, -0.1) is 11.3 Å². The van der Waals surface area contributed by atoms with Crippen molar-refractivity contribution in [3.05, 3.63) is 41.9 Å². The zero-order chi connectivity index (χ0) is 12.0. The number of aromatic nitrogens is 3. The molecule has 1 fully saturated rings. The Hall–Kier alpha value is -1.37. The molecule has 3 heterocycles. The number of rotatable bonds is 0. The minimum atomic E-state index is 1.14. The summed E-state index contributed by atoms with van der Waals surface area (Å²) in [6.07, 6.45) is 8.32. The van der Waals surface area contributed by atoms with Gasteiger partial charge in [0.2, 0.25) is 0 Å². The molecule has 0 radical (unpaired) electrons. The lowest BCUT2D eigenvalue weighted by Gasteiger charge is -2.11. The molecule has 0 spiro atoms. The van der Waals surface area contributed by atoms with E-state index in [4.69, 9.17) is 0 Å². The fraction of sp³-hybridized carbons (Fsp3) is 0.364. The Morgan fingerprint density at radius 2 is 1.24 bits per heavy atom. The molecule has 1 saturated heterocycles. The highest BCUT2D eigenvalue weighted by Crippen LogP contribution is 1.85. The third kappa shape index (κ3) is 9.55. The predicted octanol–water partition coefficient (Wildman–Crippen LogP) is 0.799. The molecule has 5 nitrogen and oxygen atoms in total. The Morgan fingerprint density at radius 3 is 1.41 bits per heavy atom. The molecule has 0 bridgehead atoms. The van der Waals surface area contributed by atoms with E-state index in [1.165, 1.54) is 0 Å². The molecule has 92 valence electrons. The van der Waals surface area contributed by atoms with Crippen molar-refractivity contribution < 1.29 is 0 Å². The summed E-state index contributed by atoms with van der Waals surface area (Å²) < 4.78 is 0. The maximum atomic E-state index is 3.74. The molecule has 0 aromatic carbocycles. The SMILES string of the molecule is C1CNCCN1.c1cnccn1.c1cscn1. The average molecular weight is 251 g/mol. The second kappa shape index (κ2) is 11.1. The van der Waals surface area contributed by atoms with Crippen molar-refractivity contribution in [1.82, 2.24) is 25.6 Å². The van der Waals surface area contributed by atoms with Crippen molar-refractivity contribution in [3.63, 3.8) is 0 Å². The molecule has 1 aliphatic heterocycles. The van der Waals surface area contributed by atoms with Crippen LogP contribution in [0.25, 0.3) is 0 Å². The van der Waals surface area contributed by atoms with Gasteiger partial charge >= 0.3 is 0 Å². The van der Waals surface area contributed by atoms with Gasteiger partial charge in [0.25, 0.3) is 0 Å². The minimum absolute atomic E-state index is 1.14. The van der Waals surface area contributed by atoms with Crippen molar-refractivity contribution in [1.29, 1.82) is 0 Å². The highest BCUT2D eigenvalue weighted by Gasteiger charge is 1.91. The Labute approximate surface area is 105 Å². The molecule has 0 atom stereocenters. The fourth-order valence-electron chi connectivity index (χ4n) is 1.03. The summed E-state index contributed by atoms with van der Waals surface area (Å²) in [6.45, 7) is 4.56. The first-order valence-corrected chi connectivity index (χ1v) is 6.38. The summed E-state index contributed by atoms with van der Waals surface area (Å²) in [5.41, 5.74) is 1.79. The molecular weight excluding hydrogens is 234 g/mol. The van der Waals surface area contributed by atoms with Gasteiger partial charge in [-0.05, 0) is 0 Å². The lowest BCUT2D eigenvalue weighted by Crippen LogP contribution is -2.39. The van der Waals surface area contributed by atoms with E-state index in [0.717, 1.165) is 26.2 Å². The lowest BCUT2D eigenvalue weighted by atomic mass is 10.4. The van der Waals surface area contributed by atoms with Gasteiger partial charge in [-0.2, -0.15) is 0 Å². The van der Waals surface area contributed by atoms with Crippen LogP contribution in [0.2, 0.25) is 0 Å². The molecule has 0 saturated carbocycles. The fourth-order valence-corrected chi connectivity index (χ4v) is 1.38. The summed E-state index contributed by atoms with van der Waals surface area (Å²) in [6, 6.07) is 0. The van der Waals surface area contributed by atoms with Gasteiger partial charge < -0.3 is 10.6 Å². The summed E-state index contributed by atoms with van der Waals surface area (Å²) in [5, 5.41) is 8.38. The van der Waals surface area contributed by atoms with Crippen LogP contribution in [0.3, 0.4) is 0 Å². The standard InChI is InChI=1S/C4H10N2.C4H4N2.C3H3NS/c2*1-2-6-4-3-5-1;1-2-5-3-4-1/h5-6H,1-4H2;1-4H;1-3H. The number of nitrogens with zero attached hydrogens (tertiary/aromatic N) is 3. The largest absolute Gasteiger partial charge is 0.314 e. The van der Waals surface area contributed by atoms with Crippen LogP contribution in [0.15, 0.2) is 41.9 Å². The quantitative estimate of drug-likeness (QED) is 0.725. The van der Waals surface area contributed by atoms with Gasteiger partial charge in [-0.25, -0.2) is 0 Å². The van der Waals surface area contributed by atoms with Crippen LogP contribution >= 0.6 is 11.3 Å². The second-order valence-electron chi connectivity index (χ2n) is 3.07. The first-order chi connectivity index (χ1) is 8.50. The van der Waals surface area contributed by atoms with Gasteiger partial charge in [-0.3, -0.25) is 15.0 Å². The third-order valence-electron chi connectivity index (χ3n) is 1.78. The molecule has 0 amide bonds. The minimum Gasteiger partial charge on any atom is -0.314 e. The van der Waals surface area contributed by atoms with Gasteiger partial charge in [-0.1, -0.05) is 0 Å². The van der Waals surface area contributed by atoms with E-state index in [9.17, 15) is 0 Å². The van der Waals surface area contributed by atoms with Crippen LogP contribution in [0.4, 0.5) is 0 Å². The molecule has 6 heteroatoms. The highest BCUT2D eigenvalue weighted by atomic mass is 32.1. The zero-order valence-electron chi connectivity index (χ0n) is 9.62. The Morgan fingerprint density at radius 1 is 0.706 bits per heavy atom. The van der Waals surface area contributed by atoms with E-state index in [1.54, 1.807) is 47.8 Å². The van der Waals surface area contributed by atoms with Crippen molar-refractivity contribution in [2.75, 3.05) is 26.2 Å². The number of nitrogens with one attached hydrogen (secondary N) is 2. The first kappa shape index (κ1) is 13.7. The first-order valence-electron chi connectivity index (χ1n) is 5.43. The predicted molar refractivity (Wildman–Crippen MR) is 69.9 cm³/mol. The van der Waals surface area contributed by atoms with E-state index in [-0.39, 0.29) is 0 Å². The van der Waals surface area contributed by atoms with Crippen LogP contribution < -0.4 is 10.6 Å². The van der Waals surface area contributed by atoms with Crippen LogP contribution in [-0.4, -0.2) is 41.1 Å². The van der Waals surface area contributed by atoms with Gasteiger partial charge in [0, 0.05) is 62.5 Å². The molecule has 2 N–H and O–H groups in total. The zero-order valence-corrected chi connectivity index (χ0v) is 10.4.